The number of hydrogen-bond donors (Lipinski definition) is 1. The molecule has 0 aromatic heterocycles. The number of carbonyl (C=O) groups is 1. The van der Waals surface area contributed by atoms with Gasteiger partial charge in [0.25, 0.3) is 0 Å². The summed E-state index contributed by atoms with van der Waals surface area (Å²) >= 11 is 0. The fourth-order valence-corrected chi connectivity index (χ4v) is 2.15. The summed E-state index contributed by atoms with van der Waals surface area (Å²) in [5, 5.41) is 19.7. The van der Waals surface area contributed by atoms with E-state index in [9.17, 15) is 15.2 Å². The monoisotopic (exact) mass is 241 g/mol. The smallest absolute Gasteiger partial charge is 0.336 e. The Morgan fingerprint density at radius 1 is 1.33 bits per heavy atom. The highest BCUT2D eigenvalue weighted by atomic mass is 16.5. The molecular weight excluding hydrogens is 230 g/mol. The molecule has 2 aromatic carbocycles. The molecule has 1 N–H and O–H groups in total. The normalized spacial score (nSPS) is 10.1. The summed E-state index contributed by atoms with van der Waals surface area (Å²) in [6.45, 7) is 1.62. The van der Waals surface area contributed by atoms with Crippen LogP contribution >= 0.6 is 0 Å². The number of benzene rings is 2. The largest absolute Gasteiger partial charge is 0.495 e. The topological polar surface area (TPSA) is 70.3 Å². The highest BCUT2D eigenvalue weighted by Gasteiger charge is 2.20. The van der Waals surface area contributed by atoms with Gasteiger partial charge in [-0.3, -0.25) is 0 Å². The molecule has 0 heterocycles. The van der Waals surface area contributed by atoms with Gasteiger partial charge in [0.15, 0.2) is 0 Å². The number of ether oxygens (including phenoxy) is 1. The molecule has 0 amide bonds. The molecule has 0 unspecified atom stereocenters. The molecule has 90 valence electrons. The van der Waals surface area contributed by atoms with E-state index in [2.05, 4.69) is 0 Å². The summed E-state index contributed by atoms with van der Waals surface area (Å²) in [7, 11) is 1.47. The van der Waals surface area contributed by atoms with E-state index in [1.54, 1.807) is 31.2 Å². The van der Waals surface area contributed by atoms with E-state index in [4.69, 9.17) is 4.74 Å². The fraction of sp³-hybridized carbons (Fsp3) is 0.143. The van der Waals surface area contributed by atoms with E-state index in [1.807, 2.05) is 6.07 Å². The average Bonchev–Trinajstić information content (AvgIpc) is 2.36. The van der Waals surface area contributed by atoms with E-state index in [-0.39, 0.29) is 11.1 Å². The molecule has 18 heavy (non-hydrogen) atoms. The molecule has 2 rings (SSSR count). The van der Waals surface area contributed by atoms with E-state index < -0.39 is 5.97 Å². The number of nitriles is 1. The van der Waals surface area contributed by atoms with Gasteiger partial charge in [0.2, 0.25) is 0 Å². The van der Waals surface area contributed by atoms with Crippen LogP contribution in [0.15, 0.2) is 24.3 Å². The minimum absolute atomic E-state index is 0.156. The maximum atomic E-state index is 11.4. The maximum Gasteiger partial charge on any atom is 0.336 e. The summed E-state index contributed by atoms with van der Waals surface area (Å²) in [5.41, 5.74) is 0.858. The van der Waals surface area contributed by atoms with Crippen LogP contribution in [-0.2, 0) is 0 Å². The molecule has 0 saturated heterocycles. The van der Waals surface area contributed by atoms with Crippen molar-refractivity contribution in [1.82, 2.24) is 0 Å². The van der Waals surface area contributed by atoms with Crippen molar-refractivity contribution in [2.24, 2.45) is 0 Å². The Morgan fingerprint density at radius 2 is 1.94 bits per heavy atom. The van der Waals surface area contributed by atoms with Crippen LogP contribution in [0.3, 0.4) is 0 Å². The van der Waals surface area contributed by atoms with Gasteiger partial charge in [0.1, 0.15) is 11.8 Å². The zero-order valence-corrected chi connectivity index (χ0v) is 10.0. The lowest BCUT2D eigenvalue weighted by molar-refractivity contribution is 0.0698. The molecule has 0 radical (unpaired) electrons. The summed E-state index contributed by atoms with van der Waals surface area (Å²) in [5.74, 6) is -0.613. The highest BCUT2D eigenvalue weighted by molar-refractivity contribution is 6.08. The molecule has 2 aromatic rings. The Labute approximate surface area is 104 Å². The quantitative estimate of drug-likeness (QED) is 0.877. The minimum Gasteiger partial charge on any atom is -0.495 e. The molecule has 0 fully saturated rings. The third-order valence-corrected chi connectivity index (χ3v) is 2.95. The molecule has 0 bridgehead atoms. The summed E-state index contributed by atoms with van der Waals surface area (Å²) < 4.78 is 5.25. The first kappa shape index (κ1) is 11.9. The number of carboxylic acids is 1. The van der Waals surface area contributed by atoms with Crippen molar-refractivity contribution in [1.29, 1.82) is 5.26 Å². The SMILES string of the molecule is COc1c(C#N)c(C)c(C(=O)O)c2ccccc12. The van der Waals surface area contributed by atoms with Gasteiger partial charge in [-0.25, -0.2) is 4.79 Å². The van der Waals surface area contributed by atoms with Crippen molar-refractivity contribution in [3.63, 3.8) is 0 Å². The van der Waals surface area contributed by atoms with Crippen molar-refractivity contribution in [3.8, 4) is 11.8 Å². The number of methoxy groups -OCH3 is 1. The number of fused-ring (bicyclic) bond motifs is 1. The van der Waals surface area contributed by atoms with Crippen LogP contribution in [-0.4, -0.2) is 18.2 Å². The third kappa shape index (κ3) is 1.57. The van der Waals surface area contributed by atoms with Crippen LogP contribution in [0.25, 0.3) is 10.8 Å². The number of nitrogens with zero attached hydrogens (tertiary/aromatic N) is 1. The second-order valence-electron chi connectivity index (χ2n) is 3.87. The van der Waals surface area contributed by atoms with Gasteiger partial charge < -0.3 is 9.84 Å². The Hall–Kier alpha value is -2.54. The lowest BCUT2D eigenvalue weighted by atomic mass is 9.94. The number of aromatic carboxylic acids is 1. The van der Waals surface area contributed by atoms with Crippen LogP contribution in [0, 0.1) is 18.3 Å². The number of rotatable bonds is 2. The van der Waals surface area contributed by atoms with Gasteiger partial charge in [0.05, 0.1) is 18.2 Å². The molecule has 4 heteroatoms. The van der Waals surface area contributed by atoms with Gasteiger partial charge in [0, 0.05) is 10.8 Å². The predicted octanol–water partition coefficient (Wildman–Crippen LogP) is 2.73. The maximum absolute atomic E-state index is 11.4. The van der Waals surface area contributed by atoms with Gasteiger partial charge >= 0.3 is 5.97 Å². The van der Waals surface area contributed by atoms with Gasteiger partial charge in [-0.2, -0.15) is 5.26 Å². The van der Waals surface area contributed by atoms with Crippen LogP contribution in [0.2, 0.25) is 0 Å². The van der Waals surface area contributed by atoms with E-state index in [1.165, 1.54) is 7.11 Å². The lowest BCUT2D eigenvalue weighted by Crippen LogP contribution is -2.05. The molecule has 0 spiro atoms. The molecule has 0 atom stereocenters. The Balaban J connectivity index is 3.07. The Kier molecular flexibility index (Phi) is 2.90. The molecule has 0 aliphatic carbocycles. The third-order valence-electron chi connectivity index (χ3n) is 2.95. The zero-order chi connectivity index (χ0) is 13.3. The van der Waals surface area contributed by atoms with Crippen LogP contribution in [0.5, 0.6) is 5.75 Å². The standard InChI is InChI=1S/C14H11NO3/c1-8-11(7-15)13(18-2)10-6-4-3-5-9(10)12(8)14(16)17/h3-6H,1-2H3,(H,16,17). The second kappa shape index (κ2) is 4.38. The van der Waals surface area contributed by atoms with Crippen LogP contribution in [0.1, 0.15) is 21.5 Å². The average molecular weight is 241 g/mol. The van der Waals surface area contributed by atoms with Crippen molar-refractivity contribution in [3.05, 3.63) is 41.0 Å². The van der Waals surface area contributed by atoms with E-state index in [0.29, 0.717) is 22.1 Å². The van der Waals surface area contributed by atoms with Gasteiger partial charge in [-0.15, -0.1) is 0 Å². The fourth-order valence-electron chi connectivity index (χ4n) is 2.15. The molecule has 0 saturated carbocycles. The molecule has 4 nitrogen and oxygen atoms in total. The van der Waals surface area contributed by atoms with E-state index in [0.717, 1.165) is 0 Å². The first-order chi connectivity index (χ1) is 8.61. The Morgan fingerprint density at radius 3 is 2.44 bits per heavy atom. The van der Waals surface area contributed by atoms with E-state index >= 15 is 0 Å². The van der Waals surface area contributed by atoms with Crippen molar-refractivity contribution < 1.29 is 14.6 Å². The first-order valence-corrected chi connectivity index (χ1v) is 5.34. The van der Waals surface area contributed by atoms with Gasteiger partial charge in [-0.1, -0.05) is 24.3 Å². The number of carboxylic acid groups (broad SMARTS) is 1. The first-order valence-electron chi connectivity index (χ1n) is 5.34. The van der Waals surface area contributed by atoms with Crippen LogP contribution in [0.4, 0.5) is 0 Å². The molecular formula is C14H11NO3. The number of hydrogen-bond acceptors (Lipinski definition) is 3. The van der Waals surface area contributed by atoms with Gasteiger partial charge in [-0.05, 0) is 12.5 Å². The second-order valence-corrected chi connectivity index (χ2v) is 3.87. The van der Waals surface area contributed by atoms with Crippen molar-refractivity contribution in [2.75, 3.05) is 7.11 Å². The Bertz CT molecular complexity index is 683. The highest BCUT2D eigenvalue weighted by Crippen LogP contribution is 2.35. The zero-order valence-electron chi connectivity index (χ0n) is 10.0. The summed E-state index contributed by atoms with van der Waals surface area (Å²) in [4.78, 5) is 11.4. The lowest BCUT2D eigenvalue weighted by Gasteiger charge is -2.13. The van der Waals surface area contributed by atoms with Crippen LogP contribution < -0.4 is 4.74 Å². The van der Waals surface area contributed by atoms with Crippen molar-refractivity contribution >= 4 is 16.7 Å². The predicted molar refractivity (Wildman–Crippen MR) is 66.9 cm³/mol. The summed E-state index contributed by atoms with van der Waals surface area (Å²) in [6.07, 6.45) is 0. The minimum atomic E-state index is -1.04. The molecule has 0 aliphatic rings. The summed E-state index contributed by atoms with van der Waals surface area (Å²) in [6, 6.07) is 9.03. The van der Waals surface area contributed by atoms with Crippen molar-refractivity contribution in [2.45, 2.75) is 6.92 Å². The molecule has 0 aliphatic heterocycles.